The summed E-state index contributed by atoms with van der Waals surface area (Å²) in [7, 11) is 0. The van der Waals surface area contributed by atoms with Crippen molar-refractivity contribution in [2.45, 2.75) is 13.1 Å². The van der Waals surface area contributed by atoms with Crippen LogP contribution in [0.4, 0.5) is 19.0 Å². The van der Waals surface area contributed by atoms with Gasteiger partial charge in [-0.15, -0.1) is 0 Å². The molecule has 9 heteroatoms. The molecule has 1 fully saturated rings. The highest BCUT2D eigenvalue weighted by Crippen LogP contribution is 2.26. The summed E-state index contributed by atoms with van der Waals surface area (Å²) in [5.41, 5.74) is 1.41. The number of anilines is 1. The second-order valence-electron chi connectivity index (χ2n) is 6.09. The lowest BCUT2D eigenvalue weighted by Gasteiger charge is -2.28. The van der Waals surface area contributed by atoms with Crippen LogP contribution in [-0.2, 0) is 4.74 Å². The van der Waals surface area contributed by atoms with Gasteiger partial charge in [-0.25, -0.2) is 9.97 Å². The van der Waals surface area contributed by atoms with E-state index >= 15 is 0 Å². The van der Waals surface area contributed by atoms with Gasteiger partial charge in [-0.2, -0.15) is 13.2 Å². The lowest BCUT2D eigenvalue weighted by atomic mass is 10.0. The third-order valence-electron chi connectivity index (χ3n) is 4.12. The van der Waals surface area contributed by atoms with Gasteiger partial charge in [0.25, 0.3) is 0 Å². The average molecular weight is 380 g/mol. The quantitative estimate of drug-likeness (QED) is 0.808. The van der Waals surface area contributed by atoms with Gasteiger partial charge in [0.1, 0.15) is 5.82 Å². The molecule has 6 nitrogen and oxygen atoms in total. The molecule has 27 heavy (non-hydrogen) atoms. The molecule has 1 saturated heterocycles. The van der Waals surface area contributed by atoms with Gasteiger partial charge in [0.05, 0.1) is 24.5 Å². The van der Waals surface area contributed by atoms with Crippen LogP contribution in [0.25, 0.3) is 0 Å². The Balaban J connectivity index is 1.89. The van der Waals surface area contributed by atoms with E-state index in [0.29, 0.717) is 43.2 Å². The van der Waals surface area contributed by atoms with E-state index in [4.69, 9.17) is 14.9 Å². The molecule has 0 atom stereocenters. The molecule has 1 aliphatic heterocycles. The predicted molar refractivity (Wildman–Crippen MR) is 93.7 cm³/mol. The average Bonchev–Trinajstić information content (AvgIpc) is 2.66. The van der Waals surface area contributed by atoms with Crippen molar-refractivity contribution in [3.63, 3.8) is 0 Å². The van der Waals surface area contributed by atoms with Crippen molar-refractivity contribution < 1.29 is 22.6 Å². The van der Waals surface area contributed by atoms with E-state index in [0.717, 1.165) is 0 Å². The highest BCUT2D eigenvalue weighted by molar-refractivity contribution is 6.13. The van der Waals surface area contributed by atoms with Gasteiger partial charge in [0.15, 0.2) is 6.61 Å². The summed E-state index contributed by atoms with van der Waals surface area (Å²) >= 11 is 0. The fourth-order valence-electron chi connectivity index (χ4n) is 2.78. The number of hydrogen-bond acceptors (Lipinski definition) is 6. The largest absolute Gasteiger partial charge is 0.468 e. The number of morpholine rings is 1. The third kappa shape index (κ3) is 4.73. The minimum absolute atomic E-state index is 0.0367. The minimum Gasteiger partial charge on any atom is -0.468 e. The Kier molecular flexibility index (Phi) is 5.59. The van der Waals surface area contributed by atoms with Gasteiger partial charge in [0.2, 0.25) is 5.88 Å². The predicted octanol–water partition coefficient (Wildman–Crippen LogP) is 2.98. The van der Waals surface area contributed by atoms with Crippen LogP contribution in [0.3, 0.4) is 0 Å². The number of nitrogens with one attached hydrogen (secondary N) is 1. The first-order valence-corrected chi connectivity index (χ1v) is 8.38. The zero-order valence-electron chi connectivity index (χ0n) is 14.7. The number of aryl methyl sites for hydroxylation is 1. The molecule has 1 N–H and O–H groups in total. The Bertz CT molecular complexity index is 820. The summed E-state index contributed by atoms with van der Waals surface area (Å²) in [5, 5.41) is 8.53. The van der Waals surface area contributed by atoms with Gasteiger partial charge >= 0.3 is 6.18 Å². The van der Waals surface area contributed by atoms with Crippen LogP contribution < -0.4 is 9.64 Å². The molecule has 1 aliphatic rings. The number of rotatable bonds is 5. The molecule has 0 radical (unpaired) electrons. The van der Waals surface area contributed by atoms with E-state index in [1.807, 2.05) is 4.90 Å². The van der Waals surface area contributed by atoms with Crippen LogP contribution in [-0.4, -0.2) is 54.8 Å². The number of nitrogens with zero attached hydrogens (tertiary/aromatic N) is 3. The smallest absolute Gasteiger partial charge is 0.422 e. The molecule has 144 valence electrons. The molecule has 3 rings (SSSR count). The van der Waals surface area contributed by atoms with E-state index in [1.54, 1.807) is 31.3 Å². The van der Waals surface area contributed by atoms with Crippen molar-refractivity contribution in [1.82, 2.24) is 9.97 Å². The molecule has 3 heterocycles. The standard InChI is InChI=1S/C18H19F3N4O2/c1-12-2-4-24-17(27-11-18(19,20)21)15(12)16(22)13-3-5-23-14(10-13)25-6-8-26-9-7-25/h2-5,10,22H,6-9,11H2,1H3. The van der Waals surface area contributed by atoms with E-state index in [1.165, 1.54) is 6.20 Å². The Morgan fingerprint density at radius 1 is 1.22 bits per heavy atom. The van der Waals surface area contributed by atoms with Gasteiger partial charge in [-0.3, -0.25) is 5.41 Å². The molecule has 2 aromatic heterocycles. The molecule has 0 unspecified atom stereocenters. The molecule has 0 aromatic carbocycles. The van der Waals surface area contributed by atoms with E-state index in [2.05, 4.69) is 9.97 Å². The molecule has 0 aliphatic carbocycles. The van der Waals surface area contributed by atoms with Crippen LogP contribution in [0, 0.1) is 12.3 Å². The Morgan fingerprint density at radius 3 is 2.63 bits per heavy atom. The number of halogens is 3. The SMILES string of the molecule is Cc1ccnc(OCC(F)(F)F)c1C(=N)c1ccnc(N2CCOCC2)c1. The normalized spacial score (nSPS) is 14.9. The van der Waals surface area contributed by atoms with Crippen LogP contribution in [0.1, 0.15) is 16.7 Å². The minimum atomic E-state index is -4.48. The third-order valence-corrected chi connectivity index (χ3v) is 4.12. The van der Waals surface area contributed by atoms with Crippen molar-refractivity contribution >= 4 is 11.5 Å². The van der Waals surface area contributed by atoms with Gasteiger partial charge in [-0.05, 0) is 30.7 Å². The van der Waals surface area contributed by atoms with E-state index < -0.39 is 12.8 Å². The highest BCUT2D eigenvalue weighted by Gasteiger charge is 2.30. The molecule has 0 saturated carbocycles. The van der Waals surface area contributed by atoms with Gasteiger partial charge in [0, 0.05) is 31.0 Å². The fourth-order valence-corrected chi connectivity index (χ4v) is 2.78. The van der Waals surface area contributed by atoms with Crippen LogP contribution in [0.5, 0.6) is 5.88 Å². The topological polar surface area (TPSA) is 71.3 Å². The van der Waals surface area contributed by atoms with Crippen molar-refractivity contribution in [2.75, 3.05) is 37.8 Å². The maximum absolute atomic E-state index is 12.5. The van der Waals surface area contributed by atoms with Crippen LogP contribution in [0.15, 0.2) is 30.6 Å². The zero-order chi connectivity index (χ0) is 19.4. The van der Waals surface area contributed by atoms with E-state index in [-0.39, 0.29) is 17.2 Å². The summed E-state index contributed by atoms with van der Waals surface area (Å²) < 4.78 is 47.8. The number of ether oxygens (including phenoxy) is 2. The molecule has 2 aromatic rings. The zero-order valence-corrected chi connectivity index (χ0v) is 14.7. The first-order valence-electron chi connectivity index (χ1n) is 8.38. The van der Waals surface area contributed by atoms with Crippen molar-refractivity contribution in [1.29, 1.82) is 5.41 Å². The van der Waals surface area contributed by atoms with Crippen molar-refractivity contribution in [3.05, 3.63) is 47.3 Å². The number of hydrogen-bond donors (Lipinski definition) is 1. The summed E-state index contributed by atoms with van der Waals surface area (Å²) in [6.07, 6.45) is -1.54. The summed E-state index contributed by atoms with van der Waals surface area (Å²) in [6, 6.07) is 5.02. The number of pyridine rings is 2. The lowest BCUT2D eigenvalue weighted by molar-refractivity contribution is -0.154. The Morgan fingerprint density at radius 2 is 1.93 bits per heavy atom. The second-order valence-corrected chi connectivity index (χ2v) is 6.09. The summed E-state index contributed by atoms with van der Waals surface area (Å²) in [6.45, 7) is 2.82. The maximum atomic E-state index is 12.5. The van der Waals surface area contributed by atoms with Gasteiger partial charge < -0.3 is 14.4 Å². The first-order chi connectivity index (χ1) is 12.8. The first kappa shape index (κ1) is 19.1. The van der Waals surface area contributed by atoms with Crippen LogP contribution >= 0.6 is 0 Å². The lowest BCUT2D eigenvalue weighted by Crippen LogP contribution is -2.36. The van der Waals surface area contributed by atoms with Crippen molar-refractivity contribution in [2.24, 2.45) is 0 Å². The Labute approximate surface area is 154 Å². The fraction of sp³-hybridized carbons (Fsp3) is 0.389. The molecular formula is C18H19F3N4O2. The summed E-state index contributed by atoms with van der Waals surface area (Å²) in [5.74, 6) is 0.488. The summed E-state index contributed by atoms with van der Waals surface area (Å²) in [4.78, 5) is 10.3. The number of alkyl halides is 3. The molecular weight excluding hydrogens is 361 g/mol. The Hall–Kier alpha value is -2.68. The highest BCUT2D eigenvalue weighted by atomic mass is 19.4. The van der Waals surface area contributed by atoms with E-state index in [9.17, 15) is 13.2 Å². The number of aromatic nitrogens is 2. The second kappa shape index (κ2) is 7.91. The van der Waals surface area contributed by atoms with Crippen molar-refractivity contribution in [3.8, 4) is 5.88 Å². The maximum Gasteiger partial charge on any atom is 0.422 e. The molecule has 0 bridgehead atoms. The molecule has 0 amide bonds. The molecule has 0 spiro atoms. The van der Waals surface area contributed by atoms with Gasteiger partial charge in [-0.1, -0.05) is 0 Å². The monoisotopic (exact) mass is 380 g/mol. The van der Waals surface area contributed by atoms with Crippen LogP contribution in [0.2, 0.25) is 0 Å².